The molecule has 2 aromatic heterocycles. The molecule has 0 saturated heterocycles. The molecular formula is C25H25Cl2N3O2. The molecule has 0 aliphatic heterocycles. The highest BCUT2D eigenvalue weighted by atomic mass is 35.5. The topological polar surface area (TPSA) is 61.4 Å². The highest BCUT2D eigenvalue weighted by Crippen LogP contribution is 2.38. The van der Waals surface area contributed by atoms with Crippen LogP contribution in [-0.4, -0.2) is 47.2 Å². The van der Waals surface area contributed by atoms with Gasteiger partial charge in [0.05, 0.1) is 10.7 Å². The van der Waals surface area contributed by atoms with Crippen molar-refractivity contribution in [3.63, 3.8) is 0 Å². The van der Waals surface area contributed by atoms with Crippen molar-refractivity contribution in [1.82, 2.24) is 14.9 Å². The molecule has 4 aromatic rings. The SMILES string of the molecule is CN(C)CCOc1ccc(-c2cc(-c3ccncc3)c(-c3ccc(Cl)c(O)c3)[nH]2)cc1.Cl. The maximum absolute atomic E-state index is 10.1. The van der Waals surface area contributed by atoms with E-state index in [1.807, 2.05) is 56.6 Å². The lowest BCUT2D eigenvalue weighted by atomic mass is 10.0. The average molecular weight is 470 g/mol. The largest absolute Gasteiger partial charge is 0.506 e. The van der Waals surface area contributed by atoms with E-state index in [-0.39, 0.29) is 18.2 Å². The van der Waals surface area contributed by atoms with Gasteiger partial charge in [-0.1, -0.05) is 17.7 Å². The Labute approximate surface area is 199 Å². The minimum Gasteiger partial charge on any atom is -0.506 e. The number of aromatic nitrogens is 2. The predicted octanol–water partition coefficient (Wildman–Crippen LogP) is 6.13. The molecule has 2 N–H and O–H groups in total. The van der Waals surface area contributed by atoms with Gasteiger partial charge in [0.2, 0.25) is 0 Å². The van der Waals surface area contributed by atoms with E-state index in [1.54, 1.807) is 24.5 Å². The summed E-state index contributed by atoms with van der Waals surface area (Å²) in [6.07, 6.45) is 3.54. The van der Waals surface area contributed by atoms with Crippen molar-refractivity contribution in [2.24, 2.45) is 0 Å². The summed E-state index contributed by atoms with van der Waals surface area (Å²) in [6, 6.07) is 19.3. The summed E-state index contributed by atoms with van der Waals surface area (Å²) in [5.74, 6) is 0.893. The maximum atomic E-state index is 10.1. The number of aromatic amines is 1. The Balaban J connectivity index is 0.00000289. The zero-order valence-electron chi connectivity index (χ0n) is 17.9. The van der Waals surface area contributed by atoms with Gasteiger partial charge >= 0.3 is 0 Å². The van der Waals surface area contributed by atoms with Crippen molar-refractivity contribution < 1.29 is 9.84 Å². The standard InChI is InChI=1S/C25H24ClN3O2.ClH/c1-29(2)13-14-31-20-6-3-18(4-7-20)23-16-21(17-9-11-27-12-10-17)25(28-23)19-5-8-22(26)24(30)15-19;/h3-12,15-16,28,30H,13-14H2,1-2H3;1H. The Morgan fingerprint density at radius 3 is 2.28 bits per heavy atom. The van der Waals surface area contributed by atoms with Crippen LogP contribution in [-0.2, 0) is 0 Å². The molecule has 2 aromatic carbocycles. The van der Waals surface area contributed by atoms with Crippen LogP contribution in [0.5, 0.6) is 11.5 Å². The minimum atomic E-state index is 0. The van der Waals surface area contributed by atoms with Crippen LogP contribution in [0.25, 0.3) is 33.6 Å². The van der Waals surface area contributed by atoms with Gasteiger partial charge in [0.15, 0.2) is 0 Å². The molecule has 4 rings (SSSR count). The smallest absolute Gasteiger partial charge is 0.134 e. The van der Waals surface area contributed by atoms with Crippen LogP contribution in [0.1, 0.15) is 0 Å². The van der Waals surface area contributed by atoms with E-state index in [1.165, 1.54) is 0 Å². The molecule has 2 heterocycles. The number of nitrogens with zero attached hydrogens (tertiary/aromatic N) is 2. The van der Waals surface area contributed by atoms with Crippen LogP contribution in [0.15, 0.2) is 73.1 Å². The normalized spacial score (nSPS) is 10.8. The predicted molar refractivity (Wildman–Crippen MR) is 133 cm³/mol. The van der Waals surface area contributed by atoms with Crippen LogP contribution in [0, 0.1) is 0 Å². The fourth-order valence-electron chi connectivity index (χ4n) is 3.34. The molecule has 0 amide bonds. The number of hydrogen-bond donors (Lipinski definition) is 2. The van der Waals surface area contributed by atoms with Gasteiger partial charge < -0.3 is 19.7 Å². The maximum Gasteiger partial charge on any atom is 0.134 e. The first kappa shape index (κ1) is 23.7. The molecule has 0 atom stereocenters. The summed E-state index contributed by atoms with van der Waals surface area (Å²) in [5.41, 5.74) is 5.81. The first-order valence-electron chi connectivity index (χ1n) is 10.0. The van der Waals surface area contributed by atoms with Crippen LogP contribution < -0.4 is 4.74 Å². The van der Waals surface area contributed by atoms with Gasteiger partial charge in [0.25, 0.3) is 0 Å². The number of benzene rings is 2. The molecule has 0 spiro atoms. The summed E-state index contributed by atoms with van der Waals surface area (Å²) in [6.45, 7) is 1.51. The van der Waals surface area contributed by atoms with Gasteiger partial charge in [-0.05, 0) is 79.8 Å². The fourth-order valence-corrected chi connectivity index (χ4v) is 3.46. The van der Waals surface area contributed by atoms with Crippen LogP contribution in [0.3, 0.4) is 0 Å². The number of aromatic hydroxyl groups is 1. The number of likely N-dealkylation sites (N-methyl/N-ethyl adjacent to an activating group) is 1. The number of ether oxygens (including phenoxy) is 1. The van der Waals surface area contributed by atoms with E-state index >= 15 is 0 Å². The Hall–Kier alpha value is -2.99. The quantitative estimate of drug-likeness (QED) is 0.341. The third-order valence-corrected chi connectivity index (χ3v) is 5.34. The van der Waals surface area contributed by atoms with E-state index in [4.69, 9.17) is 16.3 Å². The molecule has 0 aliphatic carbocycles. The third-order valence-electron chi connectivity index (χ3n) is 5.02. The number of hydrogen-bond acceptors (Lipinski definition) is 4. The van der Waals surface area contributed by atoms with E-state index in [2.05, 4.69) is 20.9 Å². The number of nitrogens with one attached hydrogen (secondary N) is 1. The Morgan fingerprint density at radius 2 is 1.62 bits per heavy atom. The molecule has 0 fully saturated rings. The number of phenolic OH excluding ortho intramolecular Hbond substituents is 1. The first-order valence-corrected chi connectivity index (χ1v) is 10.4. The van der Waals surface area contributed by atoms with Gasteiger partial charge in [-0.3, -0.25) is 4.98 Å². The number of halogens is 2. The highest BCUT2D eigenvalue weighted by molar-refractivity contribution is 6.32. The molecule has 0 saturated carbocycles. The summed E-state index contributed by atoms with van der Waals surface area (Å²) in [5, 5.41) is 10.4. The lowest BCUT2D eigenvalue weighted by molar-refractivity contribution is 0.261. The van der Waals surface area contributed by atoms with E-state index in [9.17, 15) is 5.11 Å². The summed E-state index contributed by atoms with van der Waals surface area (Å²) in [4.78, 5) is 9.73. The fraction of sp³-hybridized carbons (Fsp3) is 0.160. The van der Waals surface area contributed by atoms with Crippen LogP contribution in [0.2, 0.25) is 5.02 Å². The zero-order valence-corrected chi connectivity index (χ0v) is 19.5. The number of H-pyrrole nitrogens is 1. The molecule has 0 aliphatic rings. The van der Waals surface area contributed by atoms with Gasteiger partial charge in [0.1, 0.15) is 18.1 Å². The van der Waals surface area contributed by atoms with Gasteiger partial charge in [-0.15, -0.1) is 12.4 Å². The van der Waals surface area contributed by atoms with Crippen molar-refractivity contribution in [2.75, 3.05) is 27.2 Å². The van der Waals surface area contributed by atoms with Gasteiger partial charge in [-0.25, -0.2) is 0 Å². The highest BCUT2D eigenvalue weighted by Gasteiger charge is 2.15. The summed E-state index contributed by atoms with van der Waals surface area (Å²) in [7, 11) is 4.05. The second-order valence-electron chi connectivity index (χ2n) is 7.55. The van der Waals surface area contributed by atoms with E-state index < -0.39 is 0 Å². The van der Waals surface area contributed by atoms with Crippen molar-refractivity contribution in [2.45, 2.75) is 0 Å². The number of pyridine rings is 1. The second kappa shape index (κ2) is 10.6. The lowest BCUT2D eigenvalue weighted by Crippen LogP contribution is -2.19. The molecule has 5 nitrogen and oxygen atoms in total. The Kier molecular flexibility index (Phi) is 7.80. The van der Waals surface area contributed by atoms with Gasteiger partial charge in [-0.2, -0.15) is 0 Å². The van der Waals surface area contributed by atoms with Crippen molar-refractivity contribution in [1.29, 1.82) is 0 Å². The zero-order chi connectivity index (χ0) is 21.8. The minimum absolute atomic E-state index is 0. The first-order chi connectivity index (χ1) is 15.0. The Bertz CT molecular complexity index is 1160. The molecule has 0 bridgehead atoms. The monoisotopic (exact) mass is 469 g/mol. The van der Waals surface area contributed by atoms with Crippen LogP contribution >= 0.6 is 24.0 Å². The molecule has 0 unspecified atom stereocenters. The average Bonchev–Trinajstić information content (AvgIpc) is 3.22. The van der Waals surface area contributed by atoms with Gasteiger partial charge in [0, 0.05) is 35.8 Å². The third kappa shape index (κ3) is 5.43. The number of phenols is 1. The van der Waals surface area contributed by atoms with Crippen LogP contribution in [0.4, 0.5) is 0 Å². The molecule has 7 heteroatoms. The summed E-state index contributed by atoms with van der Waals surface area (Å²) < 4.78 is 5.80. The second-order valence-corrected chi connectivity index (χ2v) is 7.96. The molecule has 0 radical (unpaired) electrons. The molecule has 166 valence electrons. The van der Waals surface area contributed by atoms with Crippen molar-refractivity contribution >= 4 is 24.0 Å². The van der Waals surface area contributed by atoms with Crippen molar-refractivity contribution in [3.8, 4) is 45.1 Å². The summed E-state index contributed by atoms with van der Waals surface area (Å²) >= 11 is 6.01. The van der Waals surface area contributed by atoms with E-state index in [0.29, 0.717) is 11.6 Å². The van der Waals surface area contributed by atoms with E-state index in [0.717, 1.165) is 45.9 Å². The lowest BCUT2D eigenvalue weighted by Gasteiger charge is -2.11. The number of rotatable bonds is 7. The molecule has 32 heavy (non-hydrogen) atoms. The molecular weight excluding hydrogens is 445 g/mol. The Morgan fingerprint density at radius 1 is 0.938 bits per heavy atom. The van der Waals surface area contributed by atoms with Crippen molar-refractivity contribution in [3.05, 3.63) is 78.1 Å².